The average molecular weight is 246 g/mol. The predicted octanol–water partition coefficient (Wildman–Crippen LogP) is 2.73. The second-order valence-electron chi connectivity index (χ2n) is 5.38. The van der Waals surface area contributed by atoms with Crippen LogP contribution in [0, 0.1) is 5.92 Å². The quantitative estimate of drug-likeness (QED) is 0.689. The largest absolute Gasteiger partial charge is 0.319 e. The minimum atomic E-state index is 1.01. The zero-order chi connectivity index (χ0) is 12.6. The van der Waals surface area contributed by atoms with Gasteiger partial charge in [0.2, 0.25) is 0 Å². The topological polar surface area (TPSA) is 24.1 Å². The van der Waals surface area contributed by atoms with Crippen molar-refractivity contribution in [2.45, 2.75) is 38.6 Å². The highest BCUT2D eigenvalue weighted by molar-refractivity contribution is 5.27. The van der Waals surface area contributed by atoms with E-state index in [1.807, 2.05) is 7.05 Å². The molecule has 2 nitrogen and oxygen atoms in total. The molecule has 0 amide bonds. The number of rotatable bonds is 8. The van der Waals surface area contributed by atoms with Crippen molar-refractivity contribution in [3.63, 3.8) is 0 Å². The fraction of sp³-hybridized carbons (Fsp3) is 0.625. The highest BCUT2D eigenvalue weighted by Crippen LogP contribution is 2.28. The third-order valence-corrected chi connectivity index (χ3v) is 4.03. The molecule has 0 saturated heterocycles. The van der Waals surface area contributed by atoms with Gasteiger partial charge in [0.15, 0.2) is 0 Å². The molecule has 1 aliphatic carbocycles. The first-order valence-corrected chi connectivity index (χ1v) is 7.32. The zero-order valence-corrected chi connectivity index (χ0v) is 11.5. The van der Waals surface area contributed by atoms with Crippen LogP contribution in [0.2, 0.25) is 0 Å². The van der Waals surface area contributed by atoms with Gasteiger partial charge in [-0.1, -0.05) is 43.5 Å². The molecule has 100 valence electrons. The Morgan fingerprint density at radius 2 is 1.89 bits per heavy atom. The van der Waals surface area contributed by atoms with Crippen molar-refractivity contribution >= 4 is 0 Å². The van der Waals surface area contributed by atoms with Crippen molar-refractivity contribution in [3.8, 4) is 0 Å². The summed E-state index contributed by atoms with van der Waals surface area (Å²) in [5.74, 6) is 1.01. The van der Waals surface area contributed by atoms with Crippen LogP contribution in [0.25, 0.3) is 0 Å². The lowest BCUT2D eigenvalue weighted by molar-refractivity contribution is 0.292. The van der Waals surface area contributed by atoms with Crippen LogP contribution in [-0.2, 0) is 13.0 Å². The normalized spacial score (nSPS) is 15.6. The lowest BCUT2D eigenvalue weighted by Gasteiger charge is -2.25. The maximum Gasteiger partial charge on any atom is 0.0208 e. The van der Waals surface area contributed by atoms with Crippen LogP contribution >= 0.6 is 0 Å². The smallest absolute Gasteiger partial charge is 0.0208 e. The molecule has 2 rings (SSSR count). The van der Waals surface area contributed by atoms with Gasteiger partial charge in [-0.2, -0.15) is 0 Å². The van der Waals surface area contributed by atoms with Gasteiger partial charge in [-0.15, -0.1) is 0 Å². The Hall–Kier alpha value is -0.860. The molecular formula is C16H26N2. The van der Waals surface area contributed by atoms with Crippen molar-refractivity contribution in [3.05, 3.63) is 35.4 Å². The summed E-state index contributed by atoms with van der Waals surface area (Å²) in [6, 6.07) is 8.79. The molecule has 1 saturated carbocycles. The minimum Gasteiger partial charge on any atom is -0.319 e. The number of hydrogen-bond donors (Lipinski definition) is 2. The molecule has 1 fully saturated rings. The van der Waals surface area contributed by atoms with Gasteiger partial charge >= 0.3 is 0 Å². The van der Waals surface area contributed by atoms with E-state index in [2.05, 4.69) is 34.9 Å². The second kappa shape index (κ2) is 7.55. The second-order valence-corrected chi connectivity index (χ2v) is 5.38. The summed E-state index contributed by atoms with van der Waals surface area (Å²) in [6.07, 6.45) is 6.86. The number of nitrogens with one attached hydrogen (secondary N) is 2. The summed E-state index contributed by atoms with van der Waals surface area (Å²) in [7, 11) is 2.01. The number of benzene rings is 1. The standard InChI is InChI=1S/C16H26N2/c1-17-11-10-15-7-2-3-8-16(15)13-18-12-9-14-5-4-6-14/h2-3,7-8,14,17-18H,4-6,9-13H2,1H3. The van der Waals surface area contributed by atoms with Crippen LogP contribution in [-0.4, -0.2) is 20.1 Å². The summed E-state index contributed by atoms with van der Waals surface area (Å²) in [5.41, 5.74) is 2.93. The maximum absolute atomic E-state index is 3.60. The van der Waals surface area contributed by atoms with E-state index in [0.29, 0.717) is 0 Å². The zero-order valence-electron chi connectivity index (χ0n) is 11.5. The lowest BCUT2D eigenvalue weighted by Crippen LogP contribution is -2.22. The molecule has 1 aliphatic rings. The van der Waals surface area contributed by atoms with Crippen molar-refractivity contribution in [1.82, 2.24) is 10.6 Å². The van der Waals surface area contributed by atoms with Gasteiger partial charge in [0.25, 0.3) is 0 Å². The summed E-state index contributed by atoms with van der Waals surface area (Å²) in [6.45, 7) is 3.25. The first kappa shape index (κ1) is 13.6. The highest BCUT2D eigenvalue weighted by atomic mass is 14.8. The third kappa shape index (κ3) is 4.11. The van der Waals surface area contributed by atoms with Crippen LogP contribution in [0.3, 0.4) is 0 Å². The van der Waals surface area contributed by atoms with E-state index in [4.69, 9.17) is 0 Å². The SMILES string of the molecule is CNCCc1ccccc1CNCCC1CCC1. The van der Waals surface area contributed by atoms with Gasteiger partial charge in [0.1, 0.15) is 0 Å². The van der Waals surface area contributed by atoms with E-state index in [1.165, 1.54) is 43.4 Å². The third-order valence-electron chi connectivity index (χ3n) is 4.03. The molecule has 1 aromatic rings. The molecule has 0 radical (unpaired) electrons. The van der Waals surface area contributed by atoms with Crippen LogP contribution in [0.4, 0.5) is 0 Å². The molecule has 2 heteroatoms. The molecule has 0 heterocycles. The van der Waals surface area contributed by atoms with Crippen LogP contribution in [0.5, 0.6) is 0 Å². The Labute approximate surface area is 111 Å². The molecule has 18 heavy (non-hydrogen) atoms. The van der Waals surface area contributed by atoms with Gasteiger partial charge in [-0.3, -0.25) is 0 Å². The van der Waals surface area contributed by atoms with E-state index in [1.54, 1.807) is 0 Å². The number of hydrogen-bond acceptors (Lipinski definition) is 2. The fourth-order valence-corrected chi connectivity index (χ4v) is 2.54. The maximum atomic E-state index is 3.60. The Morgan fingerprint density at radius 1 is 1.11 bits per heavy atom. The van der Waals surface area contributed by atoms with E-state index < -0.39 is 0 Å². The Balaban J connectivity index is 1.72. The molecule has 0 atom stereocenters. The van der Waals surface area contributed by atoms with Gasteiger partial charge in [0, 0.05) is 6.54 Å². The van der Waals surface area contributed by atoms with Gasteiger partial charge in [-0.05, 0) is 50.0 Å². The van der Waals surface area contributed by atoms with Gasteiger partial charge in [0.05, 0.1) is 0 Å². The first-order chi connectivity index (χ1) is 8.90. The van der Waals surface area contributed by atoms with Crippen LogP contribution in [0.15, 0.2) is 24.3 Å². The number of likely N-dealkylation sites (N-methyl/N-ethyl adjacent to an activating group) is 1. The summed E-state index contributed by atoms with van der Waals surface area (Å²) >= 11 is 0. The Bertz CT molecular complexity index is 345. The molecule has 0 spiro atoms. The lowest BCUT2D eigenvalue weighted by atomic mass is 9.83. The molecule has 0 unspecified atom stereocenters. The van der Waals surface area contributed by atoms with Crippen molar-refractivity contribution < 1.29 is 0 Å². The van der Waals surface area contributed by atoms with E-state index in [0.717, 1.165) is 25.4 Å². The van der Waals surface area contributed by atoms with Crippen molar-refractivity contribution in [1.29, 1.82) is 0 Å². The predicted molar refractivity (Wildman–Crippen MR) is 77.7 cm³/mol. The Morgan fingerprint density at radius 3 is 2.56 bits per heavy atom. The Kier molecular flexibility index (Phi) is 5.69. The van der Waals surface area contributed by atoms with E-state index in [-0.39, 0.29) is 0 Å². The van der Waals surface area contributed by atoms with Gasteiger partial charge < -0.3 is 10.6 Å². The molecule has 1 aromatic carbocycles. The van der Waals surface area contributed by atoms with E-state index in [9.17, 15) is 0 Å². The first-order valence-electron chi connectivity index (χ1n) is 7.32. The summed E-state index contributed by atoms with van der Waals surface area (Å²) in [5, 5.41) is 6.82. The monoisotopic (exact) mass is 246 g/mol. The average Bonchev–Trinajstić information content (AvgIpc) is 2.35. The van der Waals surface area contributed by atoms with Crippen LogP contribution in [0.1, 0.15) is 36.8 Å². The van der Waals surface area contributed by atoms with Crippen LogP contribution < -0.4 is 10.6 Å². The minimum absolute atomic E-state index is 1.01. The van der Waals surface area contributed by atoms with Gasteiger partial charge in [-0.25, -0.2) is 0 Å². The van der Waals surface area contributed by atoms with Crippen molar-refractivity contribution in [2.75, 3.05) is 20.1 Å². The summed E-state index contributed by atoms with van der Waals surface area (Å²) in [4.78, 5) is 0. The molecular weight excluding hydrogens is 220 g/mol. The molecule has 0 aliphatic heterocycles. The molecule has 0 bridgehead atoms. The fourth-order valence-electron chi connectivity index (χ4n) is 2.54. The highest BCUT2D eigenvalue weighted by Gasteiger charge is 2.16. The van der Waals surface area contributed by atoms with E-state index >= 15 is 0 Å². The molecule has 0 aromatic heterocycles. The molecule has 2 N–H and O–H groups in total. The summed E-state index contributed by atoms with van der Waals surface area (Å²) < 4.78 is 0. The van der Waals surface area contributed by atoms with Crippen molar-refractivity contribution in [2.24, 2.45) is 5.92 Å².